The Kier molecular flexibility index (Phi) is 5.87. The zero-order valence-corrected chi connectivity index (χ0v) is 18.3. The molecule has 0 saturated heterocycles. The van der Waals surface area contributed by atoms with E-state index in [9.17, 15) is 0 Å². The van der Waals surface area contributed by atoms with E-state index in [2.05, 4.69) is 71.9 Å². The Hall–Kier alpha value is -3.10. The van der Waals surface area contributed by atoms with Gasteiger partial charge < -0.3 is 9.47 Å². The second kappa shape index (κ2) is 8.73. The molecule has 0 aliphatic heterocycles. The van der Waals surface area contributed by atoms with E-state index in [4.69, 9.17) is 17.3 Å². The molecule has 4 rings (SSSR count). The number of hydrogen-bond donors (Lipinski definition) is 1. The van der Waals surface area contributed by atoms with Gasteiger partial charge in [-0.25, -0.2) is 9.67 Å². The molecule has 0 radical (unpaired) electrons. The van der Waals surface area contributed by atoms with Gasteiger partial charge in [0.15, 0.2) is 12.5 Å². The van der Waals surface area contributed by atoms with Crippen LogP contribution in [0, 0.1) is 4.77 Å². The molecule has 0 aliphatic rings. The summed E-state index contributed by atoms with van der Waals surface area (Å²) < 4.78 is 6.54. The van der Waals surface area contributed by atoms with Crippen LogP contribution in [0.15, 0.2) is 67.3 Å². The molecule has 0 bridgehead atoms. The third kappa shape index (κ3) is 3.96. The first-order valence-electron chi connectivity index (χ1n) is 10.1. The lowest BCUT2D eigenvalue weighted by Gasteiger charge is -2.22. The Morgan fingerprint density at radius 1 is 1.07 bits per heavy atom. The summed E-state index contributed by atoms with van der Waals surface area (Å²) in [6.07, 6.45) is 3.24. The summed E-state index contributed by atoms with van der Waals surface area (Å²) in [5.41, 5.74) is 3.33. The van der Waals surface area contributed by atoms with Crippen molar-refractivity contribution in [2.45, 2.75) is 33.1 Å². The van der Waals surface area contributed by atoms with Crippen molar-refractivity contribution in [3.63, 3.8) is 0 Å². The molecule has 0 amide bonds. The van der Waals surface area contributed by atoms with Gasteiger partial charge in [0.25, 0.3) is 0 Å². The highest BCUT2D eigenvalue weighted by molar-refractivity contribution is 7.71. The van der Waals surface area contributed by atoms with E-state index in [1.807, 2.05) is 22.9 Å². The smallest absolute Gasteiger partial charge is 0.203 e. The van der Waals surface area contributed by atoms with Crippen molar-refractivity contribution in [3.8, 4) is 17.1 Å². The first-order chi connectivity index (χ1) is 14.6. The predicted molar refractivity (Wildman–Crippen MR) is 119 cm³/mol. The van der Waals surface area contributed by atoms with E-state index in [1.54, 1.807) is 11.0 Å². The fourth-order valence-electron chi connectivity index (χ4n) is 3.54. The van der Waals surface area contributed by atoms with E-state index in [-0.39, 0.29) is 6.04 Å². The lowest BCUT2D eigenvalue weighted by molar-refractivity contribution is -0.933. The Morgan fingerprint density at radius 3 is 2.43 bits per heavy atom. The van der Waals surface area contributed by atoms with Crippen LogP contribution >= 0.6 is 12.2 Å². The average molecular weight is 421 g/mol. The second-order valence-corrected chi connectivity index (χ2v) is 7.74. The summed E-state index contributed by atoms with van der Waals surface area (Å²) in [6, 6.07) is 18.9. The lowest BCUT2D eigenvalue weighted by Crippen LogP contribution is -3.08. The van der Waals surface area contributed by atoms with Crippen molar-refractivity contribution in [2.24, 2.45) is 0 Å². The summed E-state index contributed by atoms with van der Waals surface area (Å²) in [7, 11) is 2.17. The number of nitrogens with zero attached hydrogens (tertiary/aromatic N) is 6. The van der Waals surface area contributed by atoms with Crippen LogP contribution in [0.25, 0.3) is 17.1 Å². The molecule has 7 nitrogen and oxygen atoms in total. The first-order valence-corrected chi connectivity index (χ1v) is 10.5. The lowest BCUT2D eigenvalue weighted by atomic mass is 10.1. The largest absolute Gasteiger partial charge is 0.313 e. The first kappa shape index (κ1) is 20.2. The third-order valence-electron chi connectivity index (χ3n) is 5.49. The summed E-state index contributed by atoms with van der Waals surface area (Å²) >= 11 is 5.73. The minimum atomic E-state index is 0.281. The van der Waals surface area contributed by atoms with Gasteiger partial charge in [-0.15, -0.1) is 5.10 Å². The fraction of sp³-hybridized carbons (Fsp3) is 0.273. The molecule has 154 valence electrons. The highest BCUT2D eigenvalue weighted by Gasteiger charge is 2.19. The van der Waals surface area contributed by atoms with E-state index < -0.39 is 0 Å². The van der Waals surface area contributed by atoms with Crippen molar-refractivity contribution in [2.75, 3.05) is 7.05 Å². The molecule has 1 unspecified atom stereocenters. The molecule has 2 heterocycles. The monoisotopic (exact) mass is 420 g/mol. The van der Waals surface area contributed by atoms with Gasteiger partial charge in [-0.05, 0) is 38.2 Å². The van der Waals surface area contributed by atoms with Crippen LogP contribution in [0.2, 0.25) is 0 Å². The molecule has 0 saturated carbocycles. The van der Waals surface area contributed by atoms with Gasteiger partial charge in [0.2, 0.25) is 4.77 Å². The fourth-order valence-corrected chi connectivity index (χ4v) is 3.87. The van der Waals surface area contributed by atoms with Crippen LogP contribution in [0.1, 0.15) is 25.5 Å². The molecule has 2 atom stereocenters. The number of aromatic nitrogens is 6. The van der Waals surface area contributed by atoms with E-state index >= 15 is 0 Å². The van der Waals surface area contributed by atoms with Gasteiger partial charge in [-0.3, -0.25) is 0 Å². The van der Waals surface area contributed by atoms with E-state index in [1.165, 1.54) is 16.8 Å². The highest BCUT2D eigenvalue weighted by atomic mass is 32.1. The standard InChI is InChI=1S/C22H25N7S/c1-4-27-21(19-8-6-5-7-9-19)25-29(22(27)30)16-26(3)17(2)18-10-12-20(13-11-18)28-15-23-14-24-28/h5-15,17H,4,16H2,1-3H3/p+1/t17-/m0/s1. The van der Waals surface area contributed by atoms with Gasteiger partial charge >= 0.3 is 0 Å². The van der Waals surface area contributed by atoms with Crippen molar-refractivity contribution in [3.05, 3.63) is 77.6 Å². The molecule has 4 aromatic rings. The van der Waals surface area contributed by atoms with Gasteiger partial charge in [-0.1, -0.05) is 42.5 Å². The van der Waals surface area contributed by atoms with Crippen molar-refractivity contribution >= 4 is 12.2 Å². The maximum Gasteiger partial charge on any atom is 0.203 e. The summed E-state index contributed by atoms with van der Waals surface area (Å²) in [5, 5.41) is 9.03. The number of quaternary nitrogens is 1. The third-order valence-corrected chi connectivity index (χ3v) is 5.92. The summed E-state index contributed by atoms with van der Waals surface area (Å²) in [5.74, 6) is 0.917. The van der Waals surface area contributed by atoms with Crippen molar-refractivity contribution < 1.29 is 4.90 Å². The van der Waals surface area contributed by atoms with Crippen molar-refractivity contribution in [1.29, 1.82) is 0 Å². The van der Waals surface area contributed by atoms with Gasteiger partial charge in [0.05, 0.1) is 12.7 Å². The van der Waals surface area contributed by atoms with Crippen LogP contribution in [0.5, 0.6) is 0 Å². The molecule has 0 aliphatic carbocycles. The van der Waals surface area contributed by atoms with Gasteiger partial charge in [0.1, 0.15) is 18.7 Å². The van der Waals surface area contributed by atoms with E-state index in [0.29, 0.717) is 6.67 Å². The van der Waals surface area contributed by atoms with Crippen LogP contribution in [0.3, 0.4) is 0 Å². The number of benzene rings is 2. The van der Waals surface area contributed by atoms with Gasteiger partial charge in [0, 0.05) is 17.7 Å². The Bertz CT molecular complexity index is 1140. The number of hydrogen-bond acceptors (Lipinski definition) is 4. The van der Waals surface area contributed by atoms with Gasteiger partial charge in [-0.2, -0.15) is 9.78 Å². The zero-order valence-electron chi connectivity index (χ0n) is 17.4. The highest BCUT2D eigenvalue weighted by Crippen LogP contribution is 2.18. The topological polar surface area (TPSA) is 57.9 Å². The molecule has 2 aromatic carbocycles. The molecule has 8 heteroatoms. The predicted octanol–water partition coefficient (Wildman–Crippen LogP) is 2.92. The minimum absolute atomic E-state index is 0.281. The molecule has 0 fully saturated rings. The van der Waals surface area contributed by atoms with Crippen molar-refractivity contribution in [1.82, 2.24) is 29.1 Å². The number of rotatable bonds is 7. The quantitative estimate of drug-likeness (QED) is 0.467. The summed E-state index contributed by atoms with van der Waals surface area (Å²) in [4.78, 5) is 5.31. The molecule has 1 N–H and O–H groups in total. The summed E-state index contributed by atoms with van der Waals surface area (Å²) in [6.45, 7) is 5.81. The molecule has 30 heavy (non-hydrogen) atoms. The van der Waals surface area contributed by atoms with Crippen LogP contribution in [0.4, 0.5) is 0 Å². The average Bonchev–Trinajstić information content (AvgIpc) is 3.42. The maximum atomic E-state index is 5.73. The Morgan fingerprint density at radius 2 is 1.80 bits per heavy atom. The van der Waals surface area contributed by atoms with Crippen LogP contribution in [-0.4, -0.2) is 36.2 Å². The zero-order chi connectivity index (χ0) is 21.1. The molecule has 0 spiro atoms. The Labute approximate surface area is 181 Å². The van der Waals surface area contributed by atoms with Crippen LogP contribution < -0.4 is 4.90 Å². The second-order valence-electron chi connectivity index (χ2n) is 7.37. The Balaban J connectivity index is 1.54. The number of nitrogens with one attached hydrogen (secondary N) is 1. The normalized spacial score (nSPS) is 13.3. The molecule has 2 aromatic heterocycles. The molecular weight excluding hydrogens is 394 g/mol. The van der Waals surface area contributed by atoms with Crippen LogP contribution in [-0.2, 0) is 13.2 Å². The minimum Gasteiger partial charge on any atom is -0.313 e. The molecular formula is C22H26N7S+. The van der Waals surface area contributed by atoms with E-state index in [0.717, 1.165) is 28.4 Å². The SMILES string of the molecule is CCn1c(-c2ccccc2)nn(C[NH+](C)[C@@H](C)c2ccc(-n3cncn3)cc2)c1=S. The maximum absolute atomic E-state index is 5.73.